The van der Waals surface area contributed by atoms with Crippen LogP contribution >= 0.6 is 0 Å². The molecule has 0 radical (unpaired) electrons. The molecule has 32 heavy (non-hydrogen) atoms. The fourth-order valence-corrected chi connectivity index (χ4v) is 3.97. The van der Waals surface area contributed by atoms with Gasteiger partial charge in [-0.25, -0.2) is 4.79 Å². The van der Waals surface area contributed by atoms with Gasteiger partial charge in [0.25, 0.3) is 0 Å². The maximum Gasteiger partial charge on any atom is 0.326 e. The van der Waals surface area contributed by atoms with Crippen molar-refractivity contribution in [2.45, 2.75) is 97.8 Å². The number of carbonyl (C=O) groups excluding carboxylic acids is 3. The summed E-state index contributed by atoms with van der Waals surface area (Å²) in [5.74, 6) is -2.39. The highest BCUT2D eigenvalue weighted by atomic mass is 16.4. The van der Waals surface area contributed by atoms with Crippen LogP contribution in [0.15, 0.2) is 0 Å². The van der Waals surface area contributed by atoms with Crippen LogP contribution in [0.2, 0.25) is 0 Å². The quantitative estimate of drug-likeness (QED) is 0.352. The molecule has 0 bridgehead atoms. The lowest BCUT2D eigenvalue weighted by Gasteiger charge is -2.32. The number of aliphatic carboxylic acids is 1. The van der Waals surface area contributed by atoms with Crippen LogP contribution in [0.4, 0.5) is 0 Å². The van der Waals surface area contributed by atoms with E-state index in [4.69, 9.17) is 5.73 Å². The molecule has 0 saturated carbocycles. The van der Waals surface area contributed by atoms with Crippen LogP contribution in [0.3, 0.4) is 0 Å². The van der Waals surface area contributed by atoms with Crippen LogP contribution in [0, 0.1) is 17.8 Å². The zero-order chi connectivity index (χ0) is 24.6. The van der Waals surface area contributed by atoms with E-state index in [1.165, 1.54) is 4.90 Å². The van der Waals surface area contributed by atoms with Crippen molar-refractivity contribution in [1.29, 1.82) is 0 Å². The summed E-state index contributed by atoms with van der Waals surface area (Å²) in [6, 6.07) is -3.29. The highest BCUT2D eigenvalue weighted by Crippen LogP contribution is 2.22. The number of carboxylic acids is 1. The lowest BCUT2D eigenvalue weighted by atomic mass is 9.94. The van der Waals surface area contributed by atoms with Gasteiger partial charge in [-0.05, 0) is 37.0 Å². The molecule has 9 heteroatoms. The van der Waals surface area contributed by atoms with Crippen molar-refractivity contribution in [3.8, 4) is 0 Å². The van der Waals surface area contributed by atoms with Gasteiger partial charge in [0, 0.05) is 6.54 Å². The second-order valence-electron chi connectivity index (χ2n) is 9.51. The van der Waals surface area contributed by atoms with Crippen LogP contribution in [0.5, 0.6) is 0 Å². The molecule has 1 saturated heterocycles. The average molecular weight is 455 g/mol. The molecule has 9 nitrogen and oxygen atoms in total. The van der Waals surface area contributed by atoms with Gasteiger partial charge >= 0.3 is 5.97 Å². The molecule has 6 unspecified atom stereocenters. The van der Waals surface area contributed by atoms with Gasteiger partial charge in [0.2, 0.25) is 17.7 Å². The number of nitrogens with two attached hydrogens (primary N) is 1. The van der Waals surface area contributed by atoms with Gasteiger partial charge in [-0.15, -0.1) is 0 Å². The number of rotatable bonds is 12. The largest absolute Gasteiger partial charge is 0.480 e. The molecule has 1 heterocycles. The minimum atomic E-state index is -1.03. The summed E-state index contributed by atoms with van der Waals surface area (Å²) < 4.78 is 0. The second-order valence-corrected chi connectivity index (χ2v) is 9.51. The molecule has 5 N–H and O–H groups in total. The number of likely N-dealkylation sites (tertiary alicyclic amines) is 1. The van der Waals surface area contributed by atoms with Gasteiger partial charge in [-0.1, -0.05) is 54.4 Å². The van der Waals surface area contributed by atoms with E-state index in [1.54, 1.807) is 0 Å². The first-order valence-electron chi connectivity index (χ1n) is 11.8. The molecule has 1 aliphatic heterocycles. The first-order valence-corrected chi connectivity index (χ1v) is 11.8. The van der Waals surface area contributed by atoms with Crippen molar-refractivity contribution in [1.82, 2.24) is 15.5 Å². The summed E-state index contributed by atoms with van der Waals surface area (Å²) in [6.07, 6.45) is 2.79. The van der Waals surface area contributed by atoms with Crippen LogP contribution in [0.1, 0.15) is 73.6 Å². The van der Waals surface area contributed by atoms with E-state index in [9.17, 15) is 24.3 Å². The highest BCUT2D eigenvalue weighted by Gasteiger charge is 2.40. The third-order valence-corrected chi connectivity index (χ3v) is 6.45. The molecule has 0 spiro atoms. The molecule has 0 aromatic rings. The predicted molar refractivity (Wildman–Crippen MR) is 123 cm³/mol. The molecule has 3 amide bonds. The van der Waals surface area contributed by atoms with Gasteiger partial charge in [0.15, 0.2) is 0 Å². The van der Waals surface area contributed by atoms with E-state index in [0.717, 1.165) is 0 Å². The number of carbonyl (C=O) groups is 4. The molecule has 1 fully saturated rings. The number of nitrogens with zero attached hydrogens (tertiary/aromatic N) is 1. The van der Waals surface area contributed by atoms with Crippen LogP contribution in [0.25, 0.3) is 0 Å². The lowest BCUT2D eigenvalue weighted by Crippen LogP contribution is -2.60. The first-order chi connectivity index (χ1) is 14.9. The van der Waals surface area contributed by atoms with Crippen LogP contribution in [-0.4, -0.2) is 64.4 Å². The van der Waals surface area contributed by atoms with Crippen molar-refractivity contribution < 1.29 is 24.3 Å². The Morgan fingerprint density at radius 1 is 0.969 bits per heavy atom. The average Bonchev–Trinajstić information content (AvgIpc) is 3.23. The number of carboxylic acid groups (broad SMARTS) is 1. The minimum absolute atomic E-state index is 0.170. The van der Waals surface area contributed by atoms with E-state index in [-0.39, 0.29) is 23.7 Å². The minimum Gasteiger partial charge on any atom is -0.480 e. The lowest BCUT2D eigenvalue weighted by molar-refractivity contribution is -0.150. The standard InChI is InChI=1S/C23H42N4O5/c1-7-14(5)18(25-20(28)16(24)12-13(3)4)21(29)26-19(15(6)8-2)22(30)27-11-9-10-17(27)23(31)32/h13-19H,7-12,24H2,1-6H3,(H,25,28)(H,26,29)(H,31,32). The fraction of sp³-hybridized carbons (Fsp3) is 0.826. The van der Waals surface area contributed by atoms with E-state index in [1.807, 2.05) is 41.5 Å². The van der Waals surface area contributed by atoms with E-state index in [0.29, 0.717) is 38.6 Å². The van der Waals surface area contributed by atoms with Gasteiger partial charge in [0.05, 0.1) is 6.04 Å². The van der Waals surface area contributed by atoms with E-state index >= 15 is 0 Å². The monoisotopic (exact) mass is 454 g/mol. The SMILES string of the molecule is CCC(C)C(NC(=O)C(N)CC(C)C)C(=O)NC(C(=O)N1CCCC1C(=O)O)C(C)CC. The van der Waals surface area contributed by atoms with Gasteiger partial charge in [-0.3, -0.25) is 14.4 Å². The summed E-state index contributed by atoms with van der Waals surface area (Å²) in [6.45, 7) is 11.8. The number of hydrogen-bond acceptors (Lipinski definition) is 5. The van der Waals surface area contributed by atoms with E-state index < -0.39 is 42.0 Å². The molecular formula is C23H42N4O5. The maximum absolute atomic E-state index is 13.3. The summed E-state index contributed by atoms with van der Waals surface area (Å²) in [4.78, 5) is 52.0. The number of hydrogen-bond donors (Lipinski definition) is 4. The molecule has 184 valence electrons. The predicted octanol–water partition coefficient (Wildman–Crippen LogP) is 1.50. The van der Waals surface area contributed by atoms with E-state index in [2.05, 4.69) is 10.6 Å². The molecule has 0 aromatic heterocycles. The van der Waals surface area contributed by atoms with Crippen molar-refractivity contribution in [3.63, 3.8) is 0 Å². The molecule has 1 aliphatic rings. The smallest absolute Gasteiger partial charge is 0.326 e. The Hall–Kier alpha value is -2.16. The Labute approximate surface area is 191 Å². The molecule has 0 aliphatic carbocycles. The maximum atomic E-state index is 13.3. The third kappa shape index (κ3) is 7.46. The summed E-state index contributed by atoms with van der Waals surface area (Å²) in [7, 11) is 0. The second kappa shape index (κ2) is 12.8. The zero-order valence-electron chi connectivity index (χ0n) is 20.4. The Balaban J connectivity index is 3.04. The molecule has 1 rings (SSSR count). The Morgan fingerprint density at radius 3 is 2.00 bits per heavy atom. The topological polar surface area (TPSA) is 142 Å². The Kier molecular flexibility index (Phi) is 11.1. The number of nitrogens with one attached hydrogen (secondary N) is 2. The zero-order valence-corrected chi connectivity index (χ0v) is 20.4. The van der Waals surface area contributed by atoms with Gasteiger partial charge < -0.3 is 26.4 Å². The Bertz CT molecular complexity index is 669. The first kappa shape index (κ1) is 27.9. The number of amides is 3. The highest BCUT2D eigenvalue weighted by molar-refractivity contribution is 5.94. The van der Waals surface area contributed by atoms with Crippen molar-refractivity contribution in [2.24, 2.45) is 23.5 Å². The normalized spacial score (nSPS) is 20.9. The third-order valence-electron chi connectivity index (χ3n) is 6.45. The molecular weight excluding hydrogens is 412 g/mol. The van der Waals surface area contributed by atoms with Crippen molar-refractivity contribution in [3.05, 3.63) is 0 Å². The fourth-order valence-electron chi connectivity index (χ4n) is 3.97. The van der Waals surface area contributed by atoms with Crippen LogP contribution < -0.4 is 16.4 Å². The summed E-state index contributed by atoms with van der Waals surface area (Å²) in [5, 5.41) is 15.1. The van der Waals surface area contributed by atoms with Crippen molar-refractivity contribution in [2.75, 3.05) is 6.54 Å². The Morgan fingerprint density at radius 2 is 1.50 bits per heavy atom. The van der Waals surface area contributed by atoms with Crippen LogP contribution in [-0.2, 0) is 19.2 Å². The molecule has 6 atom stereocenters. The van der Waals surface area contributed by atoms with Gasteiger partial charge in [-0.2, -0.15) is 0 Å². The summed E-state index contributed by atoms with van der Waals surface area (Å²) >= 11 is 0. The summed E-state index contributed by atoms with van der Waals surface area (Å²) in [5.41, 5.74) is 5.99. The van der Waals surface area contributed by atoms with Gasteiger partial charge in [0.1, 0.15) is 18.1 Å². The molecule has 0 aromatic carbocycles. The van der Waals surface area contributed by atoms with Crippen molar-refractivity contribution >= 4 is 23.7 Å².